The van der Waals surface area contributed by atoms with E-state index in [2.05, 4.69) is 19.6 Å². The third kappa shape index (κ3) is 16.4. The van der Waals surface area contributed by atoms with E-state index in [1.807, 2.05) is 0 Å². The zero-order valence-corrected chi connectivity index (χ0v) is 17.5. The largest absolute Gasteiger partial charge is 0.872 e. The maximum absolute atomic E-state index is 10.7. The molecule has 1 aromatic carbocycles. The predicted molar refractivity (Wildman–Crippen MR) is 111 cm³/mol. The molecule has 4 nitrogen and oxygen atoms in total. The minimum absolute atomic E-state index is 0.178. The van der Waals surface area contributed by atoms with Crippen LogP contribution in [0.25, 0.3) is 0 Å². The Morgan fingerprint density at radius 2 is 1.33 bits per heavy atom. The van der Waals surface area contributed by atoms with Crippen LogP contribution in [0.3, 0.4) is 0 Å². The third-order valence-electron chi connectivity index (χ3n) is 4.65. The Morgan fingerprint density at radius 3 is 1.70 bits per heavy atom. The standard InChI is InChI=1S/C16H35N.C7H6O3/c1-16(2)14-12-10-8-6-4-3-5-7-9-11-13-15-17;8-6-4-2-1-3-5(6)7(9)10/h16H,3-15,17H2,1-2H3;1-4,8H,(H,9,10). The lowest BCUT2D eigenvalue weighted by molar-refractivity contribution is -0.368. The van der Waals surface area contributed by atoms with Crippen LogP contribution in [0.4, 0.5) is 0 Å². The van der Waals surface area contributed by atoms with Crippen molar-refractivity contribution in [2.45, 2.75) is 90.9 Å². The van der Waals surface area contributed by atoms with Gasteiger partial charge in [0.15, 0.2) is 0 Å². The highest BCUT2D eigenvalue weighted by molar-refractivity contribution is 5.90. The average molecular weight is 380 g/mol. The second-order valence-corrected chi connectivity index (χ2v) is 7.73. The van der Waals surface area contributed by atoms with Crippen molar-refractivity contribution in [3.05, 3.63) is 29.8 Å². The van der Waals surface area contributed by atoms with E-state index in [0.717, 1.165) is 12.5 Å². The summed E-state index contributed by atoms with van der Waals surface area (Å²) in [5.74, 6) is -0.728. The number of benzene rings is 1. The lowest BCUT2D eigenvalue weighted by atomic mass is 10.0. The quantitative estimate of drug-likeness (QED) is 0.445. The zero-order valence-electron chi connectivity index (χ0n) is 17.5. The fraction of sp³-hybridized carbons (Fsp3) is 0.696. The van der Waals surface area contributed by atoms with Gasteiger partial charge in [0, 0.05) is 0 Å². The fourth-order valence-electron chi connectivity index (χ4n) is 2.96. The summed E-state index contributed by atoms with van der Waals surface area (Å²) in [5.41, 5.74) is 3.70. The Labute approximate surface area is 166 Å². The first kappa shape index (κ1) is 25.4. The summed E-state index contributed by atoms with van der Waals surface area (Å²) in [6.45, 7) is 5.78. The summed E-state index contributed by atoms with van der Waals surface area (Å²) in [6, 6.07) is 5.54. The van der Waals surface area contributed by atoms with Crippen molar-refractivity contribution < 1.29 is 20.7 Å². The highest BCUT2D eigenvalue weighted by Gasteiger charge is 1.99. The van der Waals surface area contributed by atoms with E-state index in [0.29, 0.717) is 0 Å². The van der Waals surface area contributed by atoms with Crippen molar-refractivity contribution in [3.8, 4) is 5.75 Å². The summed E-state index contributed by atoms with van der Waals surface area (Å²) in [6.07, 6.45) is 17.3. The molecule has 156 valence electrons. The first-order valence-corrected chi connectivity index (χ1v) is 10.8. The van der Waals surface area contributed by atoms with E-state index < -0.39 is 11.7 Å². The maximum Gasteiger partial charge on any atom is 0.335 e. The van der Waals surface area contributed by atoms with Gasteiger partial charge in [0.2, 0.25) is 0 Å². The molecule has 0 aliphatic rings. The molecule has 0 atom stereocenters. The number of carbonyl (C=O) groups is 1. The van der Waals surface area contributed by atoms with Crippen molar-refractivity contribution in [2.24, 2.45) is 5.92 Å². The lowest BCUT2D eigenvalue weighted by Crippen LogP contribution is -2.50. The van der Waals surface area contributed by atoms with Crippen molar-refractivity contribution in [1.82, 2.24) is 0 Å². The molecule has 4 heteroatoms. The van der Waals surface area contributed by atoms with Gasteiger partial charge in [-0.2, -0.15) is 0 Å². The number of rotatable bonds is 14. The molecular weight excluding hydrogens is 338 g/mol. The van der Waals surface area contributed by atoms with Crippen molar-refractivity contribution >= 4 is 5.97 Å². The SMILES string of the molecule is CC(C)CCCCCCCCCCCCC[NH3+].O=C(O)c1ccccc1[O-]. The van der Waals surface area contributed by atoms with Crippen LogP contribution in [-0.2, 0) is 0 Å². The minimum atomic E-state index is -1.18. The van der Waals surface area contributed by atoms with E-state index >= 15 is 0 Å². The third-order valence-corrected chi connectivity index (χ3v) is 4.65. The van der Waals surface area contributed by atoms with Crippen molar-refractivity contribution in [1.29, 1.82) is 0 Å². The van der Waals surface area contributed by atoms with Gasteiger partial charge >= 0.3 is 5.97 Å². The van der Waals surface area contributed by atoms with Crippen LogP contribution < -0.4 is 10.8 Å². The Hall–Kier alpha value is -1.55. The molecule has 0 spiro atoms. The van der Waals surface area contributed by atoms with Gasteiger partial charge in [-0.05, 0) is 24.8 Å². The van der Waals surface area contributed by atoms with Gasteiger partial charge < -0.3 is 15.9 Å². The first-order chi connectivity index (χ1) is 13.0. The molecule has 0 aromatic heterocycles. The Bertz CT molecular complexity index is 474. The van der Waals surface area contributed by atoms with Crippen LogP contribution in [0.2, 0.25) is 0 Å². The van der Waals surface area contributed by atoms with E-state index in [-0.39, 0.29) is 5.56 Å². The van der Waals surface area contributed by atoms with E-state index in [1.165, 1.54) is 101 Å². The summed E-state index contributed by atoms with van der Waals surface area (Å²) >= 11 is 0. The van der Waals surface area contributed by atoms with Crippen LogP contribution >= 0.6 is 0 Å². The molecule has 4 N–H and O–H groups in total. The minimum Gasteiger partial charge on any atom is -0.872 e. The predicted octanol–water partition coefficient (Wildman–Crippen LogP) is 5.02. The van der Waals surface area contributed by atoms with Gasteiger partial charge in [0.1, 0.15) is 0 Å². The average Bonchev–Trinajstić information content (AvgIpc) is 2.63. The molecule has 0 bridgehead atoms. The number of aromatic carboxylic acids is 1. The number of carboxylic acids is 1. The maximum atomic E-state index is 10.7. The zero-order chi connectivity index (χ0) is 20.3. The molecule has 0 radical (unpaired) electrons. The second kappa shape index (κ2) is 17.8. The van der Waals surface area contributed by atoms with Crippen molar-refractivity contribution in [3.63, 3.8) is 0 Å². The normalized spacial score (nSPS) is 10.5. The number of hydrogen-bond acceptors (Lipinski definition) is 2. The van der Waals surface area contributed by atoms with Crippen LogP contribution in [0, 0.1) is 5.92 Å². The molecule has 0 saturated heterocycles. The van der Waals surface area contributed by atoms with Gasteiger partial charge in [0.25, 0.3) is 0 Å². The van der Waals surface area contributed by atoms with Gasteiger partial charge in [0.05, 0.1) is 12.1 Å². The summed E-state index contributed by atoms with van der Waals surface area (Å²) < 4.78 is 0. The topological polar surface area (TPSA) is 88.0 Å². The van der Waals surface area contributed by atoms with E-state index in [9.17, 15) is 9.90 Å². The molecule has 0 aliphatic heterocycles. The lowest BCUT2D eigenvalue weighted by Gasteiger charge is -2.07. The van der Waals surface area contributed by atoms with Gasteiger partial charge in [-0.25, -0.2) is 4.79 Å². The molecule has 27 heavy (non-hydrogen) atoms. The Kier molecular flexibility index (Phi) is 16.8. The van der Waals surface area contributed by atoms with E-state index in [1.54, 1.807) is 0 Å². The fourth-order valence-corrected chi connectivity index (χ4v) is 2.96. The molecule has 1 rings (SSSR count). The summed E-state index contributed by atoms with van der Waals surface area (Å²) in [5, 5.41) is 19.0. The molecule has 0 fully saturated rings. The monoisotopic (exact) mass is 379 g/mol. The highest BCUT2D eigenvalue weighted by Crippen LogP contribution is 2.13. The highest BCUT2D eigenvalue weighted by atomic mass is 16.4. The molecule has 0 unspecified atom stereocenters. The van der Waals surface area contributed by atoms with Crippen molar-refractivity contribution in [2.75, 3.05) is 6.54 Å². The smallest absolute Gasteiger partial charge is 0.335 e. The van der Waals surface area contributed by atoms with Gasteiger partial charge in [-0.3, -0.25) is 0 Å². The molecule has 1 aromatic rings. The molecule has 0 saturated carbocycles. The van der Waals surface area contributed by atoms with Crippen LogP contribution in [0.1, 0.15) is 101 Å². The first-order valence-electron chi connectivity index (χ1n) is 10.8. The number of para-hydroxylation sites is 1. The molecule has 0 amide bonds. The van der Waals surface area contributed by atoms with Crippen LogP contribution in [0.5, 0.6) is 5.75 Å². The van der Waals surface area contributed by atoms with Crippen LogP contribution in [0.15, 0.2) is 24.3 Å². The summed E-state index contributed by atoms with van der Waals surface area (Å²) in [7, 11) is 0. The Morgan fingerprint density at radius 1 is 0.889 bits per heavy atom. The number of carboxylic acid groups (broad SMARTS) is 1. The molecule has 0 heterocycles. The van der Waals surface area contributed by atoms with Gasteiger partial charge in [-0.15, -0.1) is 0 Å². The Balaban J connectivity index is 0.000000569. The summed E-state index contributed by atoms with van der Waals surface area (Å²) in [4.78, 5) is 10.2. The number of hydrogen-bond donors (Lipinski definition) is 2. The molecular formula is C23H41NO3. The van der Waals surface area contributed by atoms with Gasteiger partial charge in [-0.1, -0.05) is 102 Å². The van der Waals surface area contributed by atoms with Crippen LogP contribution in [-0.4, -0.2) is 17.6 Å². The number of unbranched alkanes of at least 4 members (excludes halogenated alkanes) is 10. The van der Waals surface area contributed by atoms with E-state index in [4.69, 9.17) is 5.11 Å². The molecule has 0 aliphatic carbocycles. The number of quaternary nitrogens is 1. The second-order valence-electron chi connectivity index (χ2n) is 7.73.